The number of hydrogen-bond donors (Lipinski definition) is 2. The molecule has 1 aliphatic heterocycles. The quantitative estimate of drug-likeness (QED) is 0.751. The Balaban J connectivity index is 1.77. The summed E-state index contributed by atoms with van der Waals surface area (Å²) in [5.41, 5.74) is 7.61. The first kappa shape index (κ1) is 15.0. The molecule has 4 nitrogen and oxygen atoms in total. The van der Waals surface area contributed by atoms with E-state index in [0.717, 1.165) is 25.1 Å². The van der Waals surface area contributed by atoms with Gasteiger partial charge in [-0.25, -0.2) is 0 Å². The molecule has 0 saturated carbocycles. The molecule has 1 fully saturated rings. The van der Waals surface area contributed by atoms with E-state index in [1.165, 1.54) is 31.5 Å². The second-order valence-corrected chi connectivity index (χ2v) is 5.47. The molecule has 1 aromatic carbocycles. The molecule has 1 aliphatic rings. The lowest BCUT2D eigenvalue weighted by atomic mass is 10.2. The second-order valence-electron chi connectivity index (χ2n) is 5.47. The summed E-state index contributed by atoms with van der Waals surface area (Å²) in [6.45, 7) is 4.09. The van der Waals surface area contributed by atoms with Crippen molar-refractivity contribution in [2.75, 3.05) is 25.0 Å². The fraction of sp³-hybridized carbons (Fsp3) is 0.562. The van der Waals surface area contributed by atoms with Crippen LogP contribution >= 0.6 is 0 Å². The van der Waals surface area contributed by atoms with Gasteiger partial charge in [-0.15, -0.1) is 0 Å². The minimum absolute atomic E-state index is 0.0748. The van der Waals surface area contributed by atoms with Crippen molar-refractivity contribution >= 4 is 11.6 Å². The molecule has 0 aliphatic carbocycles. The van der Waals surface area contributed by atoms with Crippen LogP contribution in [0.25, 0.3) is 0 Å². The molecule has 0 unspecified atom stereocenters. The van der Waals surface area contributed by atoms with Crippen molar-refractivity contribution in [3.8, 4) is 0 Å². The number of unbranched alkanes of at least 4 members (excludes halogenated alkanes) is 1. The van der Waals surface area contributed by atoms with E-state index in [9.17, 15) is 4.79 Å². The van der Waals surface area contributed by atoms with Gasteiger partial charge in [0.25, 0.3) is 0 Å². The number of hydrogen-bond acceptors (Lipinski definition) is 3. The van der Waals surface area contributed by atoms with E-state index in [-0.39, 0.29) is 5.91 Å². The summed E-state index contributed by atoms with van der Waals surface area (Å²) in [5, 5.41) is 2.93. The van der Waals surface area contributed by atoms with Crippen LogP contribution in [0.4, 0.5) is 5.69 Å². The first-order chi connectivity index (χ1) is 9.78. The monoisotopic (exact) mass is 275 g/mol. The molecule has 1 amide bonds. The summed E-state index contributed by atoms with van der Waals surface area (Å²) in [4.78, 5) is 14.2. The van der Waals surface area contributed by atoms with Crippen LogP contribution in [0.15, 0.2) is 24.3 Å². The average molecular weight is 275 g/mol. The van der Waals surface area contributed by atoms with Crippen LogP contribution in [0.1, 0.15) is 37.7 Å². The lowest BCUT2D eigenvalue weighted by Gasteiger charge is -2.14. The number of carbonyl (C=O) groups excluding carboxylic acids is 1. The third-order valence-corrected chi connectivity index (χ3v) is 3.70. The van der Waals surface area contributed by atoms with E-state index in [4.69, 9.17) is 5.73 Å². The molecule has 2 rings (SSSR count). The number of nitrogens with one attached hydrogen (secondary N) is 1. The van der Waals surface area contributed by atoms with Crippen molar-refractivity contribution < 1.29 is 4.79 Å². The standard InChI is InChI=1S/C16H25N3O/c17-10-2-1-5-16(20)18-15-8-6-14(7-9-15)13-19-11-3-4-12-19/h6-9H,1-5,10-13,17H2,(H,18,20). The predicted molar refractivity (Wildman–Crippen MR) is 82.5 cm³/mol. The fourth-order valence-corrected chi connectivity index (χ4v) is 2.55. The minimum Gasteiger partial charge on any atom is -0.330 e. The third-order valence-electron chi connectivity index (χ3n) is 3.70. The summed E-state index contributed by atoms with van der Waals surface area (Å²) in [6, 6.07) is 8.19. The molecule has 3 N–H and O–H groups in total. The second kappa shape index (κ2) is 8.02. The number of anilines is 1. The predicted octanol–water partition coefficient (Wildman–Crippen LogP) is 2.35. The summed E-state index contributed by atoms with van der Waals surface area (Å²) >= 11 is 0. The molecule has 0 atom stereocenters. The van der Waals surface area contributed by atoms with E-state index in [0.29, 0.717) is 13.0 Å². The van der Waals surface area contributed by atoms with E-state index in [1.54, 1.807) is 0 Å². The summed E-state index contributed by atoms with van der Waals surface area (Å²) in [5.74, 6) is 0.0748. The molecular formula is C16H25N3O. The molecule has 0 aromatic heterocycles. The van der Waals surface area contributed by atoms with Gasteiger partial charge in [0.05, 0.1) is 0 Å². The SMILES string of the molecule is NCCCCC(=O)Nc1ccc(CN2CCCC2)cc1. The van der Waals surface area contributed by atoms with Crippen molar-refractivity contribution in [2.45, 2.75) is 38.6 Å². The first-order valence-electron chi connectivity index (χ1n) is 7.59. The maximum Gasteiger partial charge on any atom is 0.224 e. The van der Waals surface area contributed by atoms with Crippen molar-refractivity contribution in [1.29, 1.82) is 0 Å². The van der Waals surface area contributed by atoms with Gasteiger partial charge in [0, 0.05) is 18.7 Å². The van der Waals surface area contributed by atoms with E-state index in [2.05, 4.69) is 22.3 Å². The van der Waals surface area contributed by atoms with Crippen LogP contribution < -0.4 is 11.1 Å². The molecule has 0 spiro atoms. The Morgan fingerprint density at radius 3 is 2.50 bits per heavy atom. The van der Waals surface area contributed by atoms with Crippen molar-refractivity contribution in [3.05, 3.63) is 29.8 Å². The zero-order chi connectivity index (χ0) is 14.2. The van der Waals surface area contributed by atoms with Crippen LogP contribution in [0, 0.1) is 0 Å². The number of carbonyl (C=O) groups is 1. The Bertz CT molecular complexity index is 410. The zero-order valence-corrected chi connectivity index (χ0v) is 12.1. The molecule has 1 saturated heterocycles. The number of rotatable bonds is 7. The Kier molecular flexibility index (Phi) is 6.02. The van der Waals surface area contributed by atoms with Gasteiger partial charge >= 0.3 is 0 Å². The fourth-order valence-electron chi connectivity index (χ4n) is 2.55. The largest absolute Gasteiger partial charge is 0.330 e. The number of nitrogens with zero attached hydrogens (tertiary/aromatic N) is 1. The average Bonchev–Trinajstić information content (AvgIpc) is 2.94. The summed E-state index contributed by atoms with van der Waals surface area (Å²) in [7, 11) is 0. The molecule has 0 bridgehead atoms. The topological polar surface area (TPSA) is 58.4 Å². The van der Waals surface area contributed by atoms with Crippen molar-refractivity contribution in [3.63, 3.8) is 0 Å². The lowest BCUT2D eigenvalue weighted by molar-refractivity contribution is -0.116. The molecule has 110 valence electrons. The highest BCUT2D eigenvalue weighted by Gasteiger charge is 2.11. The number of benzene rings is 1. The Hall–Kier alpha value is -1.39. The van der Waals surface area contributed by atoms with Gasteiger partial charge in [-0.3, -0.25) is 9.69 Å². The molecule has 1 heterocycles. The number of nitrogens with two attached hydrogens (primary N) is 1. The molecular weight excluding hydrogens is 250 g/mol. The van der Waals surface area contributed by atoms with Crippen LogP contribution in [0.5, 0.6) is 0 Å². The zero-order valence-electron chi connectivity index (χ0n) is 12.1. The van der Waals surface area contributed by atoms with Crippen molar-refractivity contribution in [2.24, 2.45) is 5.73 Å². The van der Waals surface area contributed by atoms with Gasteiger partial charge in [0.2, 0.25) is 5.91 Å². The van der Waals surface area contributed by atoms with Gasteiger partial charge in [-0.1, -0.05) is 12.1 Å². The Labute approximate surface area is 121 Å². The van der Waals surface area contributed by atoms with Crippen LogP contribution in [0.2, 0.25) is 0 Å². The summed E-state index contributed by atoms with van der Waals surface area (Å²) < 4.78 is 0. The third kappa shape index (κ3) is 4.94. The summed E-state index contributed by atoms with van der Waals surface area (Å²) in [6.07, 6.45) is 4.94. The smallest absolute Gasteiger partial charge is 0.224 e. The highest BCUT2D eigenvalue weighted by molar-refractivity contribution is 5.90. The number of likely N-dealkylation sites (tertiary alicyclic amines) is 1. The van der Waals surface area contributed by atoms with Gasteiger partial charge in [-0.2, -0.15) is 0 Å². The molecule has 0 radical (unpaired) electrons. The molecule has 20 heavy (non-hydrogen) atoms. The highest BCUT2D eigenvalue weighted by atomic mass is 16.1. The Morgan fingerprint density at radius 2 is 1.85 bits per heavy atom. The van der Waals surface area contributed by atoms with E-state index < -0.39 is 0 Å². The Morgan fingerprint density at radius 1 is 1.15 bits per heavy atom. The molecule has 4 heteroatoms. The van der Waals surface area contributed by atoms with Gasteiger partial charge in [-0.05, 0) is 63.0 Å². The lowest BCUT2D eigenvalue weighted by Crippen LogP contribution is -2.18. The van der Waals surface area contributed by atoms with Gasteiger partial charge in [0.1, 0.15) is 0 Å². The first-order valence-corrected chi connectivity index (χ1v) is 7.59. The van der Waals surface area contributed by atoms with Gasteiger partial charge < -0.3 is 11.1 Å². The van der Waals surface area contributed by atoms with Crippen LogP contribution in [0.3, 0.4) is 0 Å². The van der Waals surface area contributed by atoms with E-state index >= 15 is 0 Å². The maximum absolute atomic E-state index is 11.7. The van der Waals surface area contributed by atoms with Crippen LogP contribution in [-0.2, 0) is 11.3 Å². The molecule has 1 aromatic rings. The maximum atomic E-state index is 11.7. The van der Waals surface area contributed by atoms with Crippen molar-refractivity contribution in [1.82, 2.24) is 4.90 Å². The van der Waals surface area contributed by atoms with Crippen LogP contribution in [-0.4, -0.2) is 30.4 Å². The highest BCUT2D eigenvalue weighted by Crippen LogP contribution is 2.15. The minimum atomic E-state index is 0.0748. The normalized spacial score (nSPS) is 15.4. The van der Waals surface area contributed by atoms with Gasteiger partial charge in [0.15, 0.2) is 0 Å². The number of amides is 1. The van der Waals surface area contributed by atoms with E-state index in [1.807, 2.05) is 12.1 Å².